The fraction of sp³-hybridized carbons (Fsp3) is 0.231. The third-order valence-corrected chi connectivity index (χ3v) is 2.76. The van der Waals surface area contributed by atoms with E-state index in [2.05, 4.69) is 5.10 Å². The summed E-state index contributed by atoms with van der Waals surface area (Å²) in [6.07, 6.45) is -4.52. The van der Waals surface area contributed by atoms with Gasteiger partial charge in [0.2, 0.25) is 0 Å². The van der Waals surface area contributed by atoms with Gasteiger partial charge < -0.3 is 9.84 Å². The first-order chi connectivity index (χ1) is 9.79. The second kappa shape index (κ2) is 5.47. The first kappa shape index (κ1) is 14.9. The van der Waals surface area contributed by atoms with Gasteiger partial charge in [0.15, 0.2) is 5.69 Å². The number of hydrogen-bond donors (Lipinski definition) is 1. The molecule has 0 aliphatic heterocycles. The van der Waals surface area contributed by atoms with E-state index in [1.54, 1.807) is 0 Å². The molecule has 0 aliphatic carbocycles. The number of rotatable bonds is 4. The van der Waals surface area contributed by atoms with E-state index in [-0.39, 0.29) is 18.1 Å². The van der Waals surface area contributed by atoms with E-state index in [0.29, 0.717) is 5.69 Å². The number of halogens is 3. The quantitative estimate of drug-likeness (QED) is 0.943. The van der Waals surface area contributed by atoms with Crippen LogP contribution in [0.5, 0.6) is 5.75 Å². The molecule has 21 heavy (non-hydrogen) atoms. The summed E-state index contributed by atoms with van der Waals surface area (Å²) >= 11 is 0. The number of carboxylic acids is 1. The van der Waals surface area contributed by atoms with Crippen LogP contribution in [0.1, 0.15) is 21.7 Å². The zero-order chi connectivity index (χ0) is 15.6. The molecule has 1 aromatic heterocycles. The van der Waals surface area contributed by atoms with Gasteiger partial charge in [0, 0.05) is 7.05 Å². The van der Waals surface area contributed by atoms with Crippen molar-refractivity contribution >= 4 is 5.97 Å². The fourth-order valence-electron chi connectivity index (χ4n) is 1.72. The van der Waals surface area contributed by atoms with Gasteiger partial charge in [-0.15, -0.1) is 0 Å². The minimum Gasteiger partial charge on any atom is -0.487 e. The molecule has 112 valence electrons. The van der Waals surface area contributed by atoms with Crippen LogP contribution in [0.2, 0.25) is 0 Å². The second-order valence-electron chi connectivity index (χ2n) is 4.23. The third-order valence-electron chi connectivity index (χ3n) is 2.76. The van der Waals surface area contributed by atoms with E-state index in [1.807, 2.05) is 0 Å². The first-order valence-corrected chi connectivity index (χ1v) is 5.84. The van der Waals surface area contributed by atoms with E-state index in [9.17, 15) is 18.0 Å². The topological polar surface area (TPSA) is 64.4 Å². The highest BCUT2D eigenvalue weighted by Crippen LogP contribution is 2.36. The number of aromatic carboxylic acids is 1. The molecule has 0 fully saturated rings. The average Bonchev–Trinajstić information content (AvgIpc) is 2.77. The number of ether oxygens (including phenoxy) is 1. The molecule has 0 amide bonds. The maximum absolute atomic E-state index is 12.8. The number of benzene rings is 1. The van der Waals surface area contributed by atoms with E-state index < -0.39 is 17.7 Å². The summed E-state index contributed by atoms with van der Waals surface area (Å²) < 4.78 is 44.8. The summed E-state index contributed by atoms with van der Waals surface area (Å²) in [5, 5.41) is 12.5. The third kappa shape index (κ3) is 3.33. The van der Waals surface area contributed by atoms with Crippen LogP contribution in [-0.4, -0.2) is 20.9 Å². The molecule has 1 aromatic carbocycles. The van der Waals surface area contributed by atoms with Gasteiger partial charge in [-0.1, -0.05) is 12.1 Å². The number of aryl methyl sites for hydroxylation is 1. The van der Waals surface area contributed by atoms with Crippen LogP contribution < -0.4 is 4.74 Å². The molecule has 0 radical (unpaired) electrons. The average molecular weight is 300 g/mol. The van der Waals surface area contributed by atoms with Crippen LogP contribution in [0.15, 0.2) is 30.3 Å². The van der Waals surface area contributed by atoms with Crippen LogP contribution in [0, 0.1) is 0 Å². The van der Waals surface area contributed by atoms with Crippen molar-refractivity contribution in [1.29, 1.82) is 0 Å². The molecule has 0 unspecified atom stereocenters. The molecule has 0 aliphatic rings. The number of carboxylic acid groups (broad SMARTS) is 1. The summed E-state index contributed by atoms with van der Waals surface area (Å²) in [7, 11) is 1.49. The Morgan fingerprint density at radius 1 is 1.38 bits per heavy atom. The molecule has 5 nitrogen and oxygen atoms in total. The summed E-state index contributed by atoms with van der Waals surface area (Å²) in [6.45, 7) is -0.218. The van der Waals surface area contributed by atoms with Gasteiger partial charge in [-0.2, -0.15) is 18.3 Å². The van der Waals surface area contributed by atoms with Crippen LogP contribution in [0.3, 0.4) is 0 Å². The van der Waals surface area contributed by atoms with Gasteiger partial charge in [0.05, 0.1) is 11.3 Å². The number of carbonyl (C=O) groups is 1. The van der Waals surface area contributed by atoms with Crippen LogP contribution in [-0.2, 0) is 19.8 Å². The van der Waals surface area contributed by atoms with Gasteiger partial charge in [-0.3, -0.25) is 4.68 Å². The molecule has 0 bridgehead atoms. The lowest BCUT2D eigenvalue weighted by Gasteiger charge is -2.13. The Labute approximate surface area is 117 Å². The molecule has 2 aromatic rings. The minimum atomic E-state index is -4.52. The number of aromatic nitrogens is 2. The zero-order valence-electron chi connectivity index (χ0n) is 10.9. The highest BCUT2D eigenvalue weighted by molar-refractivity contribution is 5.85. The normalized spacial score (nSPS) is 11.4. The predicted octanol–water partition coefficient (Wildman–Crippen LogP) is 2.72. The zero-order valence-corrected chi connectivity index (χ0v) is 10.9. The van der Waals surface area contributed by atoms with E-state index in [0.717, 1.165) is 6.07 Å². The van der Waals surface area contributed by atoms with Crippen molar-refractivity contribution in [3.05, 3.63) is 47.3 Å². The Morgan fingerprint density at radius 2 is 2.05 bits per heavy atom. The SMILES string of the molecule is Cn1nc(C(=O)O)cc1COc1ccccc1C(F)(F)F. The standard InChI is InChI=1S/C13H11F3N2O3/c1-18-8(6-10(17-18)12(19)20)7-21-11-5-3-2-4-9(11)13(14,15)16/h2-6H,7H2,1H3,(H,19,20). The van der Waals surface area contributed by atoms with Gasteiger partial charge in [0.1, 0.15) is 12.4 Å². The van der Waals surface area contributed by atoms with Gasteiger partial charge in [0.25, 0.3) is 0 Å². The molecule has 2 rings (SSSR count). The molecule has 1 heterocycles. The monoisotopic (exact) mass is 300 g/mol. The number of alkyl halides is 3. The lowest BCUT2D eigenvalue weighted by atomic mass is 10.2. The molecular weight excluding hydrogens is 289 g/mol. The van der Waals surface area contributed by atoms with Crippen molar-refractivity contribution in [3.8, 4) is 5.75 Å². The van der Waals surface area contributed by atoms with Crippen LogP contribution in [0.25, 0.3) is 0 Å². The Hall–Kier alpha value is -2.51. The maximum atomic E-state index is 12.8. The van der Waals surface area contributed by atoms with Crippen molar-refractivity contribution in [1.82, 2.24) is 9.78 Å². The molecular formula is C13H11F3N2O3. The van der Waals surface area contributed by atoms with Crippen molar-refractivity contribution in [3.63, 3.8) is 0 Å². The number of para-hydroxylation sites is 1. The highest BCUT2D eigenvalue weighted by Gasteiger charge is 2.34. The Bertz CT molecular complexity index is 665. The maximum Gasteiger partial charge on any atom is 0.419 e. The van der Waals surface area contributed by atoms with E-state index in [1.165, 1.54) is 36.0 Å². The summed E-state index contributed by atoms with van der Waals surface area (Å²) in [4.78, 5) is 10.8. The van der Waals surface area contributed by atoms with Crippen LogP contribution in [0.4, 0.5) is 13.2 Å². The van der Waals surface area contributed by atoms with Crippen molar-refractivity contribution in [2.24, 2.45) is 7.05 Å². The minimum absolute atomic E-state index is 0.194. The second-order valence-corrected chi connectivity index (χ2v) is 4.23. The molecule has 0 saturated carbocycles. The van der Waals surface area contributed by atoms with Gasteiger partial charge in [-0.25, -0.2) is 4.79 Å². The molecule has 0 saturated heterocycles. The molecule has 0 atom stereocenters. The fourth-order valence-corrected chi connectivity index (χ4v) is 1.72. The largest absolute Gasteiger partial charge is 0.487 e. The van der Waals surface area contributed by atoms with Crippen molar-refractivity contribution in [2.45, 2.75) is 12.8 Å². The van der Waals surface area contributed by atoms with Crippen LogP contribution >= 0.6 is 0 Å². The predicted molar refractivity (Wildman–Crippen MR) is 65.9 cm³/mol. The van der Waals surface area contributed by atoms with Crippen molar-refractivity contribution in [2.75, 3.05) is 0 Å². The molecule has 8 heteroatoms. The lowest BCUT2D eigenvalue weighted by Crippen LogP contribution is -2.09. The van der Waals surface area contributed by atoms with Crippen molar-refractivity contribution < 1.29 is 27.8 Å². The molecule has 0 spiro atoms. The van der Waals surface area contributed by atoms with Gasteiger partial charge >= 0.3 is 12.1 Å². The Balaban J connectivity index is 2.19. The highest BCUT2D eigenvalue weighted by atomic mass is 19.4. The Morgan fingerprint density at radius 3 is 2.62 bits per heavy atom. The number of hydrogen-bond acceptors (Lipinski definition) is 3. The van der Waals surface area contributed by atoms with E-state index >= 15 is 0 Å². The number of nitrogens with zero attached hydrogens (tertiary/aromatic N) is 2. The summed E-state index contributed by atoms with van der Waals surface area (Å²) in [5.41, 5.74) is -0.727. The molecule has 1 N–H and O–H groups in total. The van der Waals surface area contributed by atoms with E-state index in [4.69, 9.17) is 9.84 Å². The van der Waals surface area contributed by atoms with Gasteiger partial charge in [-0.05, 0) is 18.2 Å². The summed E-state index contributed by atoms with van der Waals surface area (Å²) in [6, 6.07) is 6.07. The summed E-state index contributed by atoms with van der Waals surface area (Å²) in [5.74, 6) is -1.53. The lowest BCUT2D eigenvalue weighted by molar-refractivity contribution is -0.139. The smallest absolute Gasteiger partial charge is 0.419 e. The first-order valence-electron chi connectivity index (χ1n) is 5.84. The Kier molecular flexibility index (Phi) is 3.88.